The van der Waals surface area contributed by atoms with Crippen LogP contribution in [0.2, 0.25) is 5.02 Å². The van der Waals surface area contributed by atoms with Gasteiger partial charge < -0.3 is 5.32 Å². The van der Waals surface area contributed by atoms with Gasteiger partial charge in [0.1, 0.15) is 0 Å². The largest absolute Gasteiger partial charge is 0.355 e. The molecule has 3 rings (SSSR count). The Labute approximate surface area is 114 Å². The molecule has 0 radical (unpaired) electrons. The van der Waals surface area contributed by atoms with Gasteiger partial charge in [0, 0.05) is 34.0 Å². The van der Waals surface area contributed by atoms with Crippen LogP contribution in [0.1, 0.15) is 0 Å². The Balaban J connectivity index is 2.05. The Morgan fingerprint density at radius 1 is 1.05 bits per heavy atom. The molecule has 1 aromatic carbocycles. The first-order valence-corrected chi connectivity index (χ1v) is 6.03. The smallest absolute Gasteiger partial charge is 0.213 e. The van der Waals surface area contributed by atoms with Crippen LogP contribution in [0.15, 0.2) is 48.8 Å². The highest BCUT2D eigenvalue weighted by atomic mass is 35.5. The van der Waals surface area contributed by atoms with E-state index >= 15 is 0 Å². The van der Waals surface area contributed by atoms with Crippen molar-refractivity contribution in [3.8, 4) is 0 Å². The number of nitrogens with one attached hydrogen (secondary N) is 1. The summed E-state index contributed by atoms with van der Waals surface area (Å²) in [6.45, 7) is 0. The van der Waals surface area contributed by atoms with Gasteiger partial charge in [-0.2, -0.15) is 4.39 Å². The zero-order valence-electron chi connectivity index (χ0n) is 9.77. The predicted octanol–water partition coefficient (Wildman–Crippen LogP) is 4.17. The molecule has 94 valence electrons. The van der Waals surface area contributed by atoms with Gasteiger partial charge in [0.15, 0.2) is 0 Å². The number of aromatic nitrogens is 2. The third kappa shape index (κ3) is 2.48. The molecule has 0 unspecified atom stereocenters. The van der Waals surface area contributed by atoms with Crippen molar-refractivity contribution in [2.75, 3.05) is 5.32 Å². The number of halogens is 2. The normalized spacial score (nSPS) is 10.6. The van der Waals surface area contributed by atoms with Crippen molar-refractivity contribution in [3.63, 3.8) is 0 Å². The maximum atomic E-state index is 13.2. The molecule has 0 spiro atoms. The number of rotatable bonds is 2. The van der Waals surface area contributed by atoms with Crippen LogP contribution in [-0.4, -0.2) is 9.97 Å². The van der Waals surface area contributed by atoms with Crippen LogP contribution in [0.25, 0.3) is 10.9 Å². The lowest BCUT2D eigenvalue weighted by atomic mass is 10.2. The van der Waals surface area contributed by atoms with E-state index in [2.05, 4.69) is 15.3 Å². The molecule has 0 saturated carbocycles. The van der Waals surface area contributed by atoms with Crippen molar-refractivity contribution in [3.05, 3.63) is 59.8 Å². The summed E-state index contributed by atoms with van der Waals surface area (Å²) in [5, 5.41) is 4.56. The predicted molar refractivity (Wildman–Crippen MR) is 74.2 cm³/mol. The van der Waals surface area contributed by atoms with Crippen molar-refractivity contribution < 1.29 is 4.39 Å². The lowest BCUT2D eigenvalue weighted by Crippen LogP contribution is -1.94. The summed E-state index contributed by atoms with van der Waals surface area (Å²) in [6, 6.07) is 10.4. The van der Waals surface area contributed by atoms with E-state index in [1.54, 1.807) is 24.4 Å². The topological polar surface area (TPSA) is 37.8 Å². The summed E-state index contributed by atoms with van der Waals surface area (Å²) in [7, 11) is 0. The van der Waals surface area contributed by atoms with Crippen molar-refractivity contribution >= 4 is 33.9 Å². The van der Waals surface area contributed by atoms with E-state index in [1.807, 2.05) is 12.1 Å². The number of benzene rings is 1. The van der Waals surface area contributed by atoms with Crippen LogP contribution >= 0.6 is 11.6 Å². The van der Waals surface area contributed by atoms with E-state index in [0.29, 0.717) is 15.9 Å². The van der Waals surface area contributed by atoms with Gasteiger partial charge in [-0.3, -0.25) is 4.98 Å². The average molecular weight is 274 g/mol. The monoisotopic (exact) mass is 273 g/mol. The van der Waals surface area contributed by atoms with E-state index < -0.39 is 5.95 Å². The summed E-state index contributed by atoms with van der Waals surface area (Å²) in [5.41, 5.74) is 2.28. The number of pyridine rings is 2. The van der Waals surface area contributed by atoms with Gasteiger partial charge in [0.25, 0.3) is 0 Å². The first-order chi connectivity index (χ1) is 9.22. The quantitative estimate of drug-likeness (QED) is 0.712. The molecule has 19 heavy (non-hydrogen) atoms. The van der Waals surface area contributed by atoms with Crippen LogP contribution in [0.4, 0.5) is 15.8 Å². The number of hydrogen-bond donors (Lipinski definition) is 1. The molecule has 3 aromatic rings. The first kappa shape index (κ1) is 11.9. The van der Waals surface area contributed by atoms with Gasteiger partial charge in [-0.05, 0) is 30.3 Å². The molecule has 0 atom stereocenters. The number of fused-ring (bicyclic) bond motifs is 1. The van der Waals surface area contributed by atoms with Gasteiger partial charge >= 0.3 is 0 Å². The van der Waals surface area contributed by atoms with Gasteiger partial charge in [-0.25, -0.2) is 4.98 Å². The average Bonchev–Trinajstić information content (AvgIpc) is 2.42. The second-order valence-corrected chi connectivity index (χ2v) is 4.45. The summed E-state index contributed by atoms with van der Waals surface area (Å²) < 4.78 is 13.2. The van der Waals surface area contributed by atoms with E-state index in [1.165, 1.54) is 12.3 Å². The molecular weight excluding hydrogens is 265 g/mol. The fraction of sp³-hybridized carbons (Fsp3) is 0. The minimum absolute atomic E-state index is 0.528. The Kier molecular flexibility index (Phi) is 3.01. The van der Waals surface area contributed by atoms with E-state index in [-0.39, 0.29) is 0 Å². The number of hydrogen-bond acceptors (Lipinski definition) is 3. The third-order valence-electron chi connectivity index (χ3n) is 2.72. The highest BCUT2D eigenvalue weighted by molar-refractivity contribution is 6.30. The second kappa shape index (κ2) is 4.82. The van der Waals surface area contributed by atoms with Crippen molar-refractivity contribution in [1.82, 2.24) is 9.97 Å². The minimum Gasteiger partial charge on any atom is -0.355 e. The molecule has 0 aliphatic carbocycles. The first-order valence-electron chi connectivity index (χ1n) is 5.65. The van der Waals surface area contributed by atoms with Gasteiger partial charge in [0.2, 0.25) is 5.95 Å². The van der Waals surface area contributed by atoms with E-state index in [4.69, 9.17) is 11.6 Å². The van der Waals surface area contributed by atoms with E-state index in [0.717, 1.165) is 11.4 Å². The van der Waals surface area contributed by atoms with Crippen molar-refractivity contribution in [2.45, 2.75) is 0 Å². The molecule has 0 bridgehead atoms. The summed E-state index contributed by atoms with van der Waals surface area (Å²) in [5.74, 6) is -0.528. The summed E-state index contributed by atoms with van der Waals surface area (Å²) in [6.07, 6.45) is 3.07. The SMILES string of the molecule is Fc1cc2c(Nc3ccc(Cl)cc3)ccnc2cn1. The highest BCUT2D eigenvalue weighted by Crippen LogP contribution is 2.25. The van der Waals surface area contributed by atoms with Gasteiger partial charge in [-0.1, -0.05) is 11.6 Å². The molecular formula is C14H9ClFN3. The molecule has 0 aliphatic rings. The van der Waals surface area contributed by atoms with Gasteiger partial charge in [-0.15, -0.1) is 0 Å². The van der Waals surface area contributed by atoms with Crippen LogP contribution in [0, 0.1) is 5.95 Å². The van der Waals surface area contributed by atoms with Gasteiger partial charge in [0.05, 0.1) is 11.7 Å². The zero-order chi connectivity index (χ0) is 13.2. The van der Waals surface area contributed by atoms with Crippen LogP contribution in [0.5, 0.6) is 0 Å². The van der Waals surface area contributed by atoms with E-state index in [9.17, 15) is 4.39 Å². The molecule has 1 N–H and O–H groups in total. The van der Waals surface area contributed by atoms with Crippen molar-refractivity contribution in [1.29, 1.82) is 0 Å². The molecule has 5 heteroatoms. The number of nitrogens with zero attached hydrogens (tertiary/aromatic N) is 2. The Morgan fingerprint density at radius 2 is 1.84 bits per heavy atom. The number of anilines is 2. The molecule has 3 nitrogen and oxygen atoms in total. The fourth-order valence-corrected chi connectivity index (χ4v) is 1.95. The molecule has 0 saturated heterocycles. The van der Waals surface area contributed by atoms with Crippen LogP contribution in [-0.2, 0) is 0 Å². The Bertz CT molecular complexity index is 728. The molecule has 2 heterocycles. The molecule has 0 fully saturated rings. The zero-order valence-corrected chi connectivity index (χ0v) is 10.5. The third-order valence-corrected chi connectivity index (χ3v) is 2.97. The summed E-state index contributed by atoms with van der Waals surface area (Å²) in [4.78, 5) is 7.74. The minimum atomic E-state index is -0.528. The fourth-order valence-electron chi connectivity index (χ4n) is 1.82. The maximum absolute atomic E-state index is 13.2. The standard InChI is InChI=1S/C14H9ClFN3/c15-9-1-3-10(4-2-9)19-12-5-6-17-13-8-18-14(16)7-11(12)13/h1-8H,(H,17,19). The molecule has 0 aliphatic heterocycles. The highest BCUT2D eigenvalue weighted by Gasteiger charge is 2.04. The molecule has 0 amide bonds. The maximum Gasteiger partial charge on any atom is 0.213 e. The van der Waals surface area contributed by atoms with Crippen molar-refractivity contribution in [2.24, 2.45) is 0 Å². The lowest BCUT2D eigenvalue weighted by molar-refractivity contribution is 0.586. The molecule has 2 aromatic heterocycles. The Morgan fingerprint density at radius 3 is 2.63 bits per heavy atom. The second-order valence-electron chi connectivity index (χ2n) is 4.01. The van der Waals surface area contributed by atoms with Crippen LogP contribution in [0.3, 0.4) is 0 Å². The van der Waals surface area contributed by atoms with Crippen LogP contribution < -0.4 is 5.32 Å². The Hall–Kier alpha value is -2.20. The lowest BCUT2D eigenvalue weighted by Gasteiger charge is -2.09. The summed E-state index contributed by atoms with van der Waals surface area (Å²) >= 11 is 5.83.